The Kier molecular flexibility index (Phi) is 10.7. The van der Waals surface area contributed by atoms with Gasteiger partial charge < -0.3 is 24.6 Å². The number of alkyl halides is 3. The van der Waals surface area contributed by atoms with Crippen LogP contribution in [0.5, 0.6) is 5.75 Å². The fraction of sp³-hybridized carbons (Fsp3) is 0.483. The summed E-state index contributed by atoms with van der Waals surface area (Å²) in [4.78, 5) is 30.6. The van der Waals surface area contributed by atoms with Crippen LogP contribution in [0.1, 0.15) is 29.2 Å². The number of hydrogen-bond acceptors (Lipinski definition) is 7. The average Bonchev–Trinajstić information content (AvgIpc) is 3.50. The standard InChI is InChI=1S/C29H33ClF3N5O6S/c1-17-13-19(5-6-25(17)44-26-21-14-18(30)15-23(34-2)20(21)16-24(26)37(3)4)45(41,42)36-22-7-9-38(27(22)39)10-12-43-11-8-35-28(40)29(31,32)33/h5-6,13-15,22,24,26,36H,7-12,16H2,1,3-4H3,(H,35,40)/t22-,24-,26-/m0/s1. The van der Waals surface area contributed by atoms with Crippen molar-refractivity contribution in [1.29, 1.82) is 0 Å². The van der Waals surface area contributed by atoms with E-state index in [1.54, 1.807) is 30.4 Å². The molecule has 2 amide bonds. The highest BCUT2D eigenvalue weighted by atomic mass is 35.5. The van der Waals surface area contributed by atoms with Gasteiger partial charge in [0.2, 0.25) is 15.9 Å². The molecule has 2 aliphatic rings. The molecule has 1 saturated heterocycles. The monoisotopic (exact) mass is 671 g/mol. The zero-order valence-electron chi connectivity index (χ0n) is 24.8. The molecule has 0 saturated carbocycles. The van der Waals surface area contributed by atoms with Crippen LogP contribution in [0.3, 0.4) is 0 Å². The van der Waals surface area contributed by atoms with Gasteiger partial charge in [-0.1, -0.05) is 11.6 Å². The van der Waals surface area contributed by atoms with Crippen molar-refractivity contribution in [2.75, 3.05) is 46.9 Å². The fourth-order valence-corrected chi connectivity index (χ4v) is 6.86. The number of aryl methyl sites for hydroxylation is 1. The number of hydrogen-bond donors (Lipinski definition) is 2. The Morgan fingerprint density at radius 3 is 2.60 bits per heavy atom. The van der Waals surface area contributed by atoms with Gasteiger partial charge in [-0.25, -0.2) is 13.3 Å². The molecule has 45 heavy (non-hydrogen) atoms. The number of amides is 2. The maximum absolute atomic E-state index is 13.2. The topological polar surface area (TPSA) is 122 Å². The number of carbonyl (C=O) groups excluding carboxylic acids is 2. The maximum Gasteiger partial charge on any atom is 0.471 e. The van der Waals surface area contributed by atoms with Crippen LogP contribution in [0.25, 0.3) is 4.85 Å². The van der Waals surface area contributed by atoms with Gasteiger partial charge in [0.25, 0.3) is 0 Å². The minimum absolute atomic E-state index is 0.000694. The number of carbonyl (C=O) groups is 2. The number of sulfonamides is 1. The Morgan fingerprint density at radius 1 is 1.22 bits per heavy atom. The molecule has 0 unspecified atom stereocenters. The van der Waals surface area contributed by atoms with Crippen molar-refractivity contribution in [3.05, 3.63) is 63.5 Å². The first kappa shape index (κ1) is 34.5. The van der Waals surface area contributed by atoms with E-state index in [0.29, 0.717) is 28.4 Å². The lowest BCUT2D eigenvalue weighted by atomic mass is 10.1. The molecule has 2 aromatic rings. The van der Waals surface area contributed by atoms with Crippen molar-refractivity contribution >= 4 is 39.1 Å². The Hall–Kier alpha value is -3.42. The first-order valence-corrected chi connectivity index (χ1v) is 15.9. The predicted octanol–water partition coefficient (Wildman–Crippen LogP) is 3.38. The van der Waals surface area contributed by atoms with Crippen LogP contribution in [0.15, 0.2) is 35.2 Å². The second kappa shape index (κ2) is 13.9. The van der Waals surface area contributed by atoms with Gasteiger partial charge in [-0.2, -0.15) is 17.9 Å². The largest absolute Gasteiger partial charge is 0.484 e. The van der Waals surface area contributed by atoms with Crippen molar-refractivity contribution in [3.63, 3.8) is 0 Å². The summed E-state index contributed by atoms with van der Waals surface area (Å²) in [6.45, 7) is 9.11. The summed E-state index contributed by atoms with van der Waals surface area (Å²) in [6.07, 6.45) is -4.60. The second-order valence-corrected chi connectivity index (χ2v) is 13.1. The van der Waals surface area contributed by atoms with Crippen LogP contribution in [-0.4, -0.2) is 95.2 Å². The molecule has 3 atom stereocenters. The van der Waals surface area contributed by atoms with Crippen molar-refractivity contribution in [3.8, 4) is 5.75 Å². The third-order valence-corrected chi connectivity index (χ3v) is 9.37. The second-order valence-electron chi connectivity index (χ2n) is 11.0. The lowest BCUT2D eigenvalue weighted by Crippen LogP contribution is -2.42. The molecule has 11 nitrogen and oxygen atoms in total. The van der Waals surface area contributed by atoms with Crippen LogP contribution in [0.2, 0.25) is 5.02 Å². The highest BCUT2D eigenvalue weighted by molar-refractivity contribution is 7.89. The summed E-state index contributed by atoms with van der Waals surface area (Å²) in [7, 11) is -0.244. The van der Waals surface area contributed by atoms with Crippen LogP contribution in [0, 0.1) is 13.5 Å². The predicted molar refractivity (Wildman–Crippen MR) is 159 cm³/mol. The summed E-state index contributed by atoms with van der Waals surface area (Å²) in [5.41, 5.74) is 2.71. The minimum Gasteiger partial charge on any atom is -0.484 e. The number of rotatable bonds is 12. The number of halogens is 4. The molecule has 1 aliphatic heterocycles. The number of ether oxygens (including phenoxy) is 2. The summed E-state index contributed by atoms with van der Waals surface area (Å²) in [5.74, 6) is -2.05. The molecule has 16 heteroatoms. The van der Waals surface area contributed by atoms with Crippen LogP contribution >= 0.6 is 11.6 Å². The zero-order chi connectivity index (χ0) is 33.1. The van der Waals surface area contributed by atoms with Crippen molar-refractivity contribution in [2.24, 2.45) is 0 Å². The summed E-state index contributed by atoms with van der Waals surface area (Å²) in [5, 5.41) is 2.11. The Bertz CT molecular complexity index is 1600. The van der Waals surface area contributed by atoms with E-state index < -0.39 is 40.2 Å². The van der Waals surface area contributed by atoms with Crippen molar-refractivity contribution < 1.29 is 40.7 Å². The van der Waals surface area contributed by atoms with Gasteiger partial charge in [0.15, 0.2) is 5.69 Å². The van der Waals surface area contributed by atoms with Gasteiger partial charge in [-0.3, -0.25) is 9.59 Å². The molecule has 0 spiro atoms. The van der Waals surface area contributed by atoms with Crippen LogP contribution < -0.4 is 14.8 Å². The smallest absolute Gasteiger partial charge is 0.471 e. The number of likely N-dealkylation sites (tertiary alicyclic amines) is 1. The van der Waals surface area contributed by atoms with Crippen molar-refractivity contribution in [1.82, 2.24) is 19.8 Å². The normalized spacial score (nSPS) is 19.9. The van der Waals surface area contributed by atoms with E-state index in [0.717, 1.165) is 11.1 Å². The summed E-state index contributed by atoms with van der Waals surface area (Å²) in [6, 6.07) is 6.78. The number of benzene rings is 2. The van der Waals surface area contributed by atoms with Gasteiger partial charge in [-0.05, 0) is 80.9 Å². The zero-order valence-corrected chi connectivity index (χ0v) is 26.4. The van der Waals surface area contributed by atoms with Crippen molar-refractivity contribution in [2.45, 2.75) is 49.0 Å². The molecule has 1 heterocycles. The number of nitrogens with one attached hydrogen (secondary N) is 2. The van der Waals surface area contributed by atoms with Gasteiger partial charge in [0, 0.05) is 24.7 Å². The molecule has 0 aromatic heterocycles. The molecule has 1 fully saturated rings. The lowest BCUT2D eigenvalue weighted by molar-refractivity contribution is -0.173. The molecule has 4 rings (SSSR count). The molecular formula is C29H33ClF3N5O6S. The van der Waals surface area contributed by atoms with E-state index >= 15 is 0 Å². The summed E-state index contributed by atoms with van der Waals surface area (Å²) >= 11 is 6.30. The summed E-state index contributed by atoms with van der Waals surface area (Å²) < 4.78 is 77.1. The SMILES string of the molecule is [C-]#[N+]c1cc(Cl)cc2c1C[C@H](N(C)C)[C@H]2Oc1ccc(S(=O)(=O)N[C@H]2CCN(CCOCCNC(=O)C(F)(F)F)C2=O)cc1C. The maximum atomic E-state index is 13.2. The molecule has 1 aliphatic carbocycles. The molecule has 2 aromatic carbocycles. The Labute approximate surface area is 264 Å². The Morgan fingerprint density at radius 2 is 1.96 bits per heavy atom. The number of likely N-dealkylation sites (N-methyl/N-ethyl adjacent to an activating group) is 1. The molecule has 2 N–H and O–H groups in total. The van der Waals surface area contributed by atoms with Crippen LogP contribution in [-0.2, 0) is 30.8 Å². The quantitative estimate of drug-likeness (QED) is 0.262. The molecular weight excluding hydrogens is 639 g/mol. The molecule has 0 bridgehead atoms. The first-order chi connectivity index (χ1) is 21.1. The minimum atomic E-state index is -4.98. The van der Waals surface area contributed by atoms with E-state index in [-0.39, 0.29) is 50.2 Å². The van der Waals surface area contributed by atoms with Crippen LogP contribution in [0.4, 0.5) is 18.9 Å². The van der Waals surface area contributed by atoms with Gasteiger partial charge in [0.1, 0.15) is 17.9 Å². The average molecular weight is 672 g/mol. The highest BCUT2D eigenvalue weighted by Crippen LogP contribution is 2.43. The molecule has 0 radical (unpaired) electrons. The van der Waals surface area contributed by atoms with E-state index in [1.165, 1.54) is 17.0 Å². The lowest BCUT2D eigenvalue weighted by Gasteiger charge is -2.28. The van der Waals surface area contributed by atoms with E-state index in [1.807, 2.05) is 19.0 Å². The molecule has 244 valence electrons. The first-order valence-electron chi connectivity index (χ1n) is 14.0. The van der Waals surface area contributed by atoms with E-state index in [2.05, 4.69) is 9.57 Å². The third-order valence-electron chi connectivity index (χ3n) is 7.68. The van der Waals surface area contributed by atoms with Gasteiger partial charge >= 0.3 is 12.1 Å². The van der Waals surface area contributed by atoms with Gasteiger partial charge in [0.05, 0.1) is 30.7 Å². The number of fused-ring (bicyclic) bond motifs is 1. The van der Waals surface area contributed by atoms with E-state index in [9.17, 15) is 31.2 Å². The highest BCUT2D eigenvalue weighted by Gasteiger charge is 2.39. The fourth-order valence-electron chi connectivity index (χ4n) is 5.34. The third kappa shape index (κ3) is 8.06. The van der Waals surface area contributed by atoms with E-state index in [4.69, 9.17) is 27.6 Å². The van der Waals surface area contributed by atoms with Gasteiger partial charge in [-0.15, -0.1) is 0 Å². The number of nitrogens with zero attached hydrogens (tertiary/aromatic N) is 3. The Balaban J connectivity index is 1.35.